The van der Waals surface area contributed by atoms with E-state index >= 15 is 0 Å². The van der Waals surface area contributed by atoms with Crippen molar-refractivity contribution in [1.82, 2.24) is 9.55 Å². The van der Waals surface area contributed by atoms with Crippen LogP contribution in [-0.2, 0) is 7.05 Å². The number of rotatable bonds is 5. The molecule has 0 aliphatic heterocycles. The van der Waals surface area contributed by atoms with E-state index in [-0.39, 0.29) is 5.82 Å². The third kappa shape index (κ3) is 2.38. The van der Waals surface area contributed by atoms with Crippen LogP contribution in [0.15, 0.2) is 6.33 Å². The molecule has 0 spiro atoms. The lowest BCUT2D eigenvalue weighted by atomic mass is 10.6. The quantitative estimate of drug-likeness (QED) is 0.453. The van der Waals surface area contributed by atoms with E-state index in [4.69, 9.17) is 0 Å². The lowest BCUT2D eigenvalue weighted by molar-refractivity contribution is -0.388. The van der Waals surface area contributed by atoms with Gasteiger partial charge in [0.1, 0.15) is 0 Å². The van der Waals surface area contributed by atoms with Gasteiger partial charge in [0.15, 0.2) is 0 Å². The molecule has 0 aromatic carbocycles. The first-order valence-electron chi connectivity index (χ1n) is 4.05. The van der Waals surface area contributed by atoms with Gasteiger partial charge in [0.05, 0.1) is 0 Å². The zero-order valence-corrected chi connectivity index (χ0v) is 8.87. The summed E-state index contributed by atoms with van der Waals surface area (Å²) < 4.78 is 1.61. The number of nitrogens with zero attached hydrogens (tertiary/aromatic N) is 3. The summed E-state index contributed by atoms with van der Waals surface area (Å²) in [6.45, 7) is 0.696. The average molecular weight is 216 g/mol. The van der Waals surface area contributed by atoms with Crippen molar-refractivity contribution in [2.75, 3.05) is 23.9 Å². The minimum atomic E-state index is -0.485. The van der Waals surface area contributed by atoms with Gasteiger partial charge < -0.3 is 15.4 Å². The van der Waals surface area contributed by atoms with Gasteiger partial charge >= 0.3 is 5.82 Å². The van der Waals surface area contributed by atoms with Crippen LogP contribution in [0.1, 0.15) is 0 Å². The molecule has 78 valence electrons. The molecule has 0 bridgehead atoms. The molecule has 6 nitrogen and oxygen atoms in total. The highest BCUT2D eigenvalue weighted by atomic mass is 32.2. The molecule has 0 aliphatic carbocycles. The average Bonchev–Trinajstić information content (AvgIpc) is 2.48. The van der Waals surface area contributed by atoms with E-state index in [0.717, 1.165) is 5.75 Å². The molecule has 1 aromatic heterocycles. The third-order valence-corrected chi connectivity index (χ3v) is 2.30. The zero-order chi connectivity index (χ0) is 10.6. The van der Waals surface area contributed by atoms with Crippen LogP contribution in [0.2, 0.25) is 0 Å². The van der Waals surface area contributed by atoms with E-state index in [9.17, 15) is 10.1 Å². The standard InChI is InChI=1S/C7H12N4O2S/c1-10-5-9-7(11(12)13)6(10)8-3-4-14-2/h5,8H,3-4H2,1-2H3. The van der Waals surface area contributed by atoms with Crippen LogP contribution in [0.4, 0.5) is 11.6 Å². The van der Waals surface area contributed by atoms with Crippen LogP contribution < -0.4 is 5.32 Å². The summed E-state index contributed by atoms with van der Waals surface area (Å²) in [7, 11) is 1.72. The van der Waals surface area contributed by atoms with Crippen molar-refractivity contribution in [3.63, 3.8) is 0 Å². The van der Waals surface area contributed by atoms with Crippen LogP contribution in [0, 0.1) is 10.1 Å². The molecule has 0 amide bonds. The third-order valence-electron chi connectivity index (χ3n) is 1.69. The van der Waals surface area contributed by atoms with Crippen molar-refractivity contribution < 1.29 is 4.92 Å². The van der Waals surface area contributed by atoms with E-state index in [2.05, 4.69) is 10.3 Å². The number of aryl methyl sites for hydroxylation is 1. The summed E-state index contributed by atoms with van der Waals surface area (Å²) in [5.74, 6) is 1.25. The van der Waals surface area contributed by atoms with Crippen molar-refractivity contribution in [3.05, 3.63) is 16.4 Å². The monoisotopic (exact) mass is 216 g/mol. The Bertz CT molecular complexity index is 325. The predicted molar refractivity (Wildman–Crippen MR) is 56.7 cm³/mol. The molecule has 14 heavy (non-hydrogen) atoms. The Kier molecular flexibility index (Phi) is 3.75. The summed E-state index contributed by atoms with van der Waals surface area (Å²) in [4.78, 5) is 13.8. The molecule has 7 heteroatoms. The summed E-state index contributed by atoms with van der Waals surface area (Å²) in [5, 5.41) is 13.5. The first kappa shape index (κ1) is 10.8. The topological polar surface area (TPSA) is 73.0 Å². The summed E-state index contributed by atoms with van der Waals surface area (Å²) in [5.41, 5.74) is 0. The van der Waals surface area contributed by atoms with Gasteiger partial charge in [0.2, 0.25) is 12.1 Å². The fraction of sp³-hybridized carbons (Fsp3) is 0.571. The van der Waals surface area contributed by atoms with Gasteiger partial charge in [-0.1, -0.05) is 0 Å². The van der Waals surface area contributed by atoms with Gasteiger partial charge in [0, 0.05) is 19.3 Å². The Hall–Kier alpha value is -1.24. The lowest BCUT2D eigenvalue weighted by Crippen LogP contribution is -2.08. The van der Waals surface area contributed by atoms with Crippen LogP contribution in [0.25, 0.3) is 0 Å². The van der Waals surface area contributed by atoms with Crippen LogP contribution in [-0.4, -0.2) is 33.0 Å². The number of aromatic nitrogens is 2. The number of hydrogen-bond acceptors (Lipinski definition) is 5. The second-order valence-electron chi connectivity index (χ2n) is 2.70. The normalized spacial score (nSPS) is 10.1. The Morgan fingerprint density at radius 2 is 2.50 bits per heavy atom. The summed E-state index contributed by atoms with van der Waals surface area (Å²) in [6.07, 6.45) is 3.42. The van der Waals surface area contributed by atoms with Crippen molar-refractivity contribution in [2.24, 2.45) is 7.05 Å². The van der Waals surface area contributed by atoms with E-state index in [1.54, 1.807) is 23.4 Å². The Morgan fingerprint density at radius 3 is 3.07 bits per heavy atom. The molecule has 0 aliphatic rings. The first-order valence-corrected chi connectivity index (χ1v) is 5.44. The number of nitrogens with one attached hydrogen (secondary N) is 1. The summed E-state index contributed by atoms with van der Waals surface area (Å²) in [6, 6.07) is 0. The predicted octanol–water partition coefficient (Wildman–Crippen LogP) is 1.10. The SMILES string of the molecule is CSCCNc1c([N+](=O)[O-])ncn1C. The highest BCUT2D eigenvalue weighted by Gasteiger charge is 2.18. The first-order chi connectivity index (χ1) is 6.66. The van der Waals surface area contributed by atoms with Crippen molar-refractivity contribution in [3.8, 4) is 0 Å². The smallest absolute Gasteiger partial charge is 0.363 e. The summed E-state index contributed by atoms with van der Waals surface area (Å²) >= 11 is 1.68. The number of nitro groups is 1. The van der Waals surface area contributed by atoms with Gasteiger partial charge in [-0.3, -0.25) is 4.57 Å². The fourth-order valence-electron chi connectivity index (χ4n) is 1.03. The Balaban J connectivity index is 2.72. The molecule has 0 unspecified atom stereocenters. The van der Waals surface area contributed by atoms with Crippen molar-refractivity contribution >= 4 is 23.4 Å². The highest BCUT2D eigenvalue weighted by Crippen LogP contribution is 2.20. The Morgan fingerprint density at radius 1 is 1.79 bits per heavy atom. The van der Waals surface area contributed by atoms with Gasteiger partial charge in [-0.05, 0) is 16.2 Å². The molecule has 0 saturated heterocycles. The molecule has 0 radical (unpaired) electrons. The van der Waals surface area contributed by atoms with Crippen LogP contribution >= 0.6 is 11.8 Å². The molecule has 1 rings (SSSR count). The van der Waals surface area contributed by atoms with Gasteiger partial charge in [-0.15, -0.1) is 0 Å². The van der Waals surface area contributed by atoms with E-state index in [1.165, 1.54) is 6.33 Å². The maximum Gasteiger partial charge on any atom is 0.406 e. The maximum absolute atomic E-state index is 10.6. The fourth-order valence-corrected chi connectivity index (χ4v) is 1.33. The molecule has 1 aromatic rings. The maximum atomic E-state index is 10.6. The van der Waals surface area contributed by atoms with Crippen LogP contribution in [0.5, 0.6) is 0 Å². The lowest BCUT2D eigenvalue weighted by Gasteiger charge is -2.04. The van der Waals surface area contributed by atoms with E-state index in [0.29, 0.717) is 12.4 Å². The van der Waals surface area contributed by atoms with Crippen LogP contribution in [0.3, 0.4) is 0 Å². The minimum Gasteiger partial charge on any atom is -0.363 e. The molecular weight excluding hydrogens is 204 g/mol. The number of thioether (sulfide) groups is 1. The van der Waals surface area contributed by atoms with Gasteiger partial charge in [0.25, 0.3) is 0 Å². The van der Waals surface area contributed by atoms with Crippen molar-refractivity contribution in [2.45, 2.75) is 0 Å². The largest absolute Gasteiger partial charge is 0.406 e. The van der Waals surface area contributed by atoms with Gasteiger partial charge in [-0.2, -0.15) is 11.8 Å². The van der Waals surface area contributed by atoms with E-state index in [1.807, 2.05) is 6.26 Å². The molecule has 1 heterocycles. The highest BCUT2D eigenvalue weighted by molar-refractivity contribution is 7.98. The molecule has 0 fully saturated rings. The second kappa shape index (κ2) is 4.85. The van der Waals surface area contributed by atoms with E-state index < -0.39 is 4.92 Å². The molecule has 1 N–H and O–H groups in total. The molecular formula is C7H12N4O2S. The molecule has 0 saturated carbocycles. The van der Waals surface area contributed by atoms with Gasteiger partial charge in [-0.25, -0.2) is 0 Å². The zero-order valence-electron chi connectivity index (χ0n) is 8.06. The Labute approximate surface area is 85.9 Å². The second-order valence-corrected chi connectivity index (χ2v) is 3.69. The molecule has 0 atom stereocenters. The number of imidazole rings is 1. The number of anilines is 1. The number of hydrogen-bond donors (Lipinski definition) is 1. The van der Waals surface area contributed by atoms with Crippen molar-refractivity contribution in [1.29, 1.82) is 0 Å². The minimum absolute atomic E-state index is 0.117.